The predicted octanol–water partition coefficient (Wildman–Crippen LogP) is 3.66. The van der Waals surface area contributed by atoms with Crippen LogP contribution in [0.3, 0.4) is 0 Å². The van der Waals surface area contributed by atoms with E-state index in [1.54, 1.807) is 36.4 Å². The van der Waals surface area contributed by atoms with Crippen LogP contribution in [0.4, 0.5) is 5.69 Å². The van der Waals surface area contributed by atoms with Crippen molar-refractivity contribution in [1.29, 1.82) is 0 Å². The second-order valence-corrected chi connectivity index (χ2v) is 6.00. The third kappa shape index (κ3) is 5.63. The lowest BCUT2D eigenvalue weighted by Gasteiger charge is -2.09. The number of para-hydroxylation sites is 1. The number of carbonyl (C=O) groups excluding carboxylic acids is 2. The smallest absolute Gasteiger partial charge is 0.331 e. The summed E-state index contributed by atoms with van der Waals surface area (Å²) in [5.74, 6) is -0.00839. The first-order chi connectivity index (χ1) is 12.5. The molecule has 136 valence electrons. The summed E-state index contributed by atoms with van der Waals surface area (Å²) >= 11 is 3.31. The zero-order valence-corrected chi connectivity index (χ0v) is 15.9. The van der Waals surface area contributed by atoms with Gasteiger partial charge in [0.2, 0.25) is 0 Å². The molecule has 0 aliphatic rings. The number of benzene rings is 2. The minimum Gasteiger partial charge on any atom is -0.493 e. The van der Waals surface area contributed by atoms with Crippen LogP contribution in [0.25, 0.3) is 6.08 Å². The summed E-state index contributed by atoms with van der Waals surface area (Å²) in [5.41, 5.74) is 1.26. The molecule has 0 spiro atoms. The van der Waals surface area contributed by atoms with Crippen molar-refractivity contribution in [3.63, 3.8) is 0 Å². The average Bonchev–Trinajstić information content (AvgIpc) is 2.64. The van der Waals surface area contributed by atoms with E-state index in [9.17, 15) is 9.59 Å². The first kappa shape index (κ1) is 19.5. The maximum absolute atomic E-state index is 11.8. The van der Waals surface area contributed by atoms with Gasteiger partial charge in [-0.3, -0.25) is 4.79 Å². The molecular weight excluding hydrogens is 402 g/mol. The molecule has 0 fully saturated rings. The van der Waals surface area contributed by atoms with Crippen LogP contribution in [0.5, 0.6) is 11.5 Å². The van der Waals surface area contributed by atoms with E-state index in [1.807, 2.05) is 6.07 Å². The highest BCUT2D eigenvalue weighted by Gasteiger charge is 2.09. The van der Waals surface area contributed by atoms with Crippen molar-refractivity contribution in [2.24, 2.45) is 0 Å². The number of halogens is 1. The highest BCUT2D eigenvalue weighted by Crippen LogP contribution is 2.31. The lowest BCUT2D eigenvalue weighted by Crippen LogP contribution is -2.20. The Bertz CT molecular complexity index is 819. The lowest BCUT2D eigenvalue weighted by molar-refractivity contribution is -0.142. The first-order valence-electron chi connectivity index (χ1n) is 7.64. The highest BCUT2D eigenvalue weighted by atomic mass is 79.9. The molecule has 2 aromatic rings. The summed E-state index contributed by atoms with van der Waals surface area (Å²) in [7, 11) is 3.04. The summed E-state index contributed by atoms with van der Waals surface area (Å²) in [6, 6.07) is 12.4. The molecule has 1 N–H and O–H groups in total. The quantitative estimate of drug-likeness (QED) is 0.547. The molecular formula is C19H18BrNO5. The number of ether oxygens (including phenoxy) is 3. The van der Waals surface area contributed by atoms with Gasteiger partial charge >= 0.3 is 5.97 Å². The normalized spacial score (nSPS) is 10.4. The maximum atomic E-state index is 11.8. The molecule has 2 aromatic carbocycles. The Morgan fingerprint density at radius 2 is 1.88 bits per heavy atom. The third-order valence-corrected chi connectivity index (χ3v) is 3.78. The molecule has 0 radical (unpaired) electrons. The second-order valence-electron chi connectivity index (χ2n) is 5.08. The van der Waals surface area contributed by atoms with Crippen LogP contribution in [0.1, 0.15) is 5.56 Å². The Morgan fingerprint density at radius 3 is 2.58 bits per heavy atom. The van der Waals surface area contributed by atoms with Crippen molar-refractivity contribution in [1.82, 2.24) is 0 Å². The van der Waals surface area contributed by atoms with Crippen LogP contribution in [-0.4, -0.2) is 32.7 Å². The third-order valence-electron chi connectivity index (χ3n) is 3.29. The predicted molar refractivity (Wildman–Crippen MR) is 102 cm³/mol. The van der Waals surface area contributed by atoms with E-state index in [1.165, 1.54) is 26.4 Å². The van der Waals surface area contributed by atoms with Crippen LogP contribution in [-0.2, 0) is 14.3 Å². The van der Waals surface area contributed by atoms with Crippen molar-refractivity contribution in [2.45, 2.75) is 0 Å². The van der Waals surface area contributed by atoms with Gasteiger partial charge in [0, 0.05) is 21.8 Å². The minimum absolute atomic E-state index is 0.384. The van der Waals surface area contributed by atoms with Gasteiger partial charge in [0.1, 0.15) is 0 Å². The lowest BCUT2D eigenvalue weighted by atomic mass is 10.1. The number of esters is 1. The maximum Gasteiger partial charge on any atom is 0.331 e. The summed E-state index contributed by atoms with van der Waals surface area (Å²) < 4.78 is 16.2. The molecule has 26 heavy (non-hydrogen) atoms. The summed E-state index contributed by atoms with van der Waals surface area (Å²) in [6.07, 6.45) is 2.76. The van der Waals surface area contributed by atoms with Crippen molar-refractivity contribution in [2.75, 3.05) is 26.1 Å². The van der Waals surface area contributed by atoms with Crippen LogP contribution in [0, 0.1) is 0 Å². The Morgan fingerprint density at radius 1 is 1.12 bits per heavy atom. The van der Waals surface area contributed by atoms with Gasteiger partial charge in [0.25, 0.3) is 5.91 Å². The fraction of sp³-hybridized carbons (Fsp3) is 0.158. The van der Waals surface area contributed by atoms with Crippen LogP contribution >= 0.6 is 15.9 Å². The second kappa shape index (κ2) is 9.62. The van der Waals surface area contributed by atoms with Crippen molar-refractivity contribution in [3.05, 3.63) is 58.6 Å². The van der Waals surface area contributed by atoms with E-state index >= 15 is 0 Å². The number of carbonyl (C=O) groups is 2. The molecule has 0 aliphatic heterocycles. The number of hydrogen-bond donors (Lipinski definition) is 1. The van der Waals surface area contributed by atoms with Gasteiger partial charge in [0.15, 0.2) is 18.1 Å². The molecule has 0 atom stereocenters. The molecule has 0 saturated carbocycles. The first-order valence-corrected chi connectivity index (χ1v) is 8.44. The van der Waals surface area contributed by atoms with Crippen LogP contribution < -0.4 is 14.8 Å². The van der Waals surface area contributed by atoms with Gasteiger partial charge in [0.05, 0.1) is 14.2 Å². The number of amides is 1. The van der Waals surface area contributed by atoms with E-state index in [2.05, 4.69) is 21.2 Å². The van der Waals surface area contributed by atoms with Gasteiger partial charge in [-0.15, -0.1) is 0 Å². The fourth-order valence-corrected chi connectivity index (χ4v) is 2.55. The molecule has 1 amide bonds. The van der Waals surface area contributed by atoms with Crippen LogP contribution in [0.2, 0.25) is 0 Å². The van der Waals surface area contributed by atoms with E-state index in [0.717, 1.165) is 4.47 Å². The monoisotopic (exact) mass is 419 g/mol. The van der Waals surface area contributed by atoms with E-state index in [4.69, 9.17) is 14.2 Å². The van der Waals surface area contributed by atoms with Gasteiger partial charge in [-0.25, -0.2) is 4.79 Å². The van der Waals surface area contributed by atoms with Gasteiger partial charge in [-0.1, -0.05) is 34.1 Å². The van der Waals surface area contributed by atoms with E-state index in [0.29, 0.717) is 22.7 Å². The number of rotatable bonds is 7. The van der Waals surface area contributed by atoms with Crippen LogP contribution in [0.15, 0.2) is 53.0 Å². The van der Waals surface area contributed by atoms with Crippen molar-refractivity contribution < 1.29 is 23.8 Å². The van der Waals surface area contributed by atoms with Crippen molar-refractivity contribution in [3.8, 4) is 11.5 Å². The number of nitrogens with one attached hydrogen (secondary N) is 1. The van der Waals surface area contributed by atoms with E-state index in [-0.39, 0.29) is 6.61 Å². The number of hydrogen-bond acceptors (Lipinski definition) is 5. The molecule has 0 aliphatic carbocycles. The highest BCUT2D eigenvalue weighted by molar-refractivity contribution is 9.10. The SMILES string of the molecule is COc1cccc(/C=C/C(=O)OCC(=O)Nc2cccc(Br)c2)c1OC. The van der Waals surface area contributed by atoms with Crippen molar-refractivity contribution >= 4 is 39.6 Å². The standard InChI is InChI=1S/C19H18BrNO5/c1-24-16-8-3-5-13(19(16)25-2)9-10-18(23)26-12-17(22)21-15-7-4-6-14(20)11-15/h3-11H,12H2,1-2H3,(H,21,22)/b10-9+. The zero-order valence-electron chi connectivity index (χ0n) is 14.3. The zero-order chi connectivity index (χ0) is 18.9. The molecule has 6 nitrogen and oxygen atoms in total. The number of anilines is 1. The van der Waals surface area contributed by atoms with Gasteiger partial charge < -0.3 is 19.5 Å². The average molecular weight is 420 g/mol. The molecule has 2 rings (SSSR count). The fourth-order valence-electron chi connectivity index (χ4n) is 2.15. The van der Waals surface area contributed by atoms with Gasteiger partial charge in [-0.2, -0.15) is 0 Å². The summed E-state index contributed by atoms with van der Waals surface area (Å²) in [5, 5.41) is 2.64. The Kier molecular flexibility index (Phi) is 7.23. The van der Waals surface area contributed by atoms with E-state index < -0.39 is 11.9 Å². The summed E-state index contributed by atoms with van der Waals surface area (Å²) in [6.45, 7) is -0.384. The minimum atomic E-state index is -0.640. The topological polar surface area (TPSA) is 73.9 Å². The largest absolute Gasteiger partial charge is 0.493 e. The Labute approximate surface area is 159 Å². The molecule has 7 heteroatoms. The molecule has 0 aromatic heterocycles. The summed E-state index contributed by atoms with van der Waals surface area (Å²) in [4.78, 5) is 23.6. The molecule has 0 heterocycles. The molecule has 0 bridgehead atoms. The molecule has 0 saturated heterocycles. The Balaban J connectivity index is 1.90. The number of methoxy groups -OCH3 is 2. The molecule has 0 unspecified atom stereocenters. The Hall–Kier alpha value is -2.80. The van der Waals surface area contributed by atoms with Gasteiger partial charge in [-0.05, 0) is 30.3 Å².